The summed E-state index contributed by atoms with van der Waals surface area (Å²) in [5.74, 6) is 0. The van der Waals surface area contributed by atoms with Crippen LogP contribution in [0.4, 0.5) is 0 Å². The van der Waals surface area contributed by atoms with E-state index >= 15 is 0 Å². The molecule has 0 aliphatic rings. The van der Waals surface area contributed by atoms with Gasteiger partial charge in [0.15, 0.2) is 0 Å². The number of rotatable bonds is 1. The molecule has 10 heavy (non-hydrogen) atoms. The van der Waals surface area contributed by atoms with Crippen molar-refractivity contribution < 1.29 is 19.5 Å². The van der Waals surface area contributed by atoms with Crippen molar-refractivity contribution in [1.29, 1.82) is 0 Å². The van der Waals surface area contributed by atoms with Crippen LogP contribution >= 0.6 is 23.2 Å². The predicted molar refractivity (Wildman–Crippen MR) is 40.9 cm³/mol. The van der Waals surface area contributed by atoms with E-state index in [1.54, 1.807) is 0 Å². The van der Waals surface area contributed by atoms with Crippen LogP contribution in [0.2, 0.25) is 0 Å². The molecule has 0 unspecified atom stereocenters. The Morgan fingerprint density at radius 1 is 1.00 bits per heavy atom. The first-order valence-corrected chi connectivity index (χ1v) is 3.51. The topological polar surface area (TPSA) is 0 Å². The van der Waals surface area contributed by atoms with Gasteiger partial charge in [-0.05, 0) is 5.56 Å². The van der Waals surface area contributed by atoms with Crippen molar-refractivity contribution in [1.82, 2.24) is 0 Å². The predicted octanol–water partition coefficient (Wildman–Crippen LogP) is 3.16. The Balaban J connectivity index is 0.000000810. The maximum atomic E-state index is 5.57. The van der Waals surface area contributed by atoms with E-state index < -0.39 is 4.84 Å². The first-order valence-electron chi connectivity index (χ1n) is 2.64. The van der Waals surface area contributed by atoms with Crippen LogP contribution in [0.1, 0.15) is 10.4 Å². The van der Waals surface area contributed by atoms with Crippen molar-refractivity contribution in [2.24, 2.45) is 0 Å². The second-order valence-electron chi connectivity index (χ2n) is 1.71. The Hall–Kier alpha value is 0.423. The van der Waals surface area contributed by atoms with E-state index in [-0.39, 0.29) is 19.5 Å². The summed E-state index contributed by atoms with van der Waals surface area (Å²) < 4.78 is 0. The van der Waals surface area contributed by atoms with Gasteiger partial charge in [0.2, 0.25) is 0 Å². The molecule has 0 saturated carbocycles. The smallest absolute Gasteiger partial charge is 0.100 e. The van der Waals surface area contributed by atoms with E-state index in [2.05, 4.69) is 0 Å². The quantitative estimate of drug-likeness (QED) is 0.510. The molecule has 0 fully saturated rings. The largest absolute Gasteiger partial charge is 0.132 e. The summed E-state index contributed by atoms with van der Waals surface area (Å²) >= 11 is 11.1. The first kappa shape index (κ1) is 10.4. The van der Waals surface area contributed by atoms with Crippen LogP contribution < -0.4 is 0 Å². The molecule has 1 aromatic carbocycles. The van der Waals surface area contributed by atoms with Gasteiger partial charge in [-0.1, -0.05) is 30.3 Å². The van der Waals surface area contributed by atoms with Gasteiger partial charge in [-0.2, -0.15) is 0 Å². The minimum absolute atomic E-state index is 0. The molecule has 0 heterocycles. The summed E-state index contributed by atoms with van der Waals surface area (Å²) in [5, 5.41) is 0. The van der Waals surface area contributed by atoms with Crippen molar-refractivity contribution in [2.45, 2.75) is 4.84 Å². The summed E-state index contributed by atoms with van der Waals surface area (Å²) in [5.41, 5.74) is 0.945. The third-order valence-electron chi connectivity index (χ3n) is 1.05. The zero-order chi connectivity index (χ0) is 6.69. The number of alkyl halides is 2. The van der Waals surface area contributed by atoms with Crippen molar-refractivity contribution in [3.63, 3.8) is 0 Å². The maximum absolute atomic E-state index is 5.57. The van der Waals surface area contributed by atoms with E-state index in [1.807, 2.05) is 30.3 Å². The minimum atomic E-state index is -0.397. The molecule has 0 N–H and O–H groups in total. The van der Waals surface area contributed by atoms with Crippen LogP contribution in [-0.2, 0) is 19.5 Å². The van der Waals surface area contributed by atoms with Gasteiger partial charge < -0.3 is 0 Å². The standard InChI is InChI=1S/C7H6Cl2.Zn/c8-7(9)6-4-2-1-3-5-6;/h1-5,7H;. The number of halogens is 2. The summed E-state index contributed by atoms with van der Waals surface area (Å²) in [4.78, 5) is -0.397. The van der Waals surface area contributed by atoms with E-state index in [4.69, 9.17) is 23.2 Å². The number of hydrogen-bond donors (Lipinski definition) is 0. The average Bonchev–Trinajstić information content (AvgIpc) is 1.90. The van der Waals surface area contributed by atoms with Gasteiger partial charge in [0, 0.05) is 19.5 Å². The monoisotopic (exact) mass is 224 g/mol. The fourth-order valence-corrected chi connectivity index (χ4v) is 0.889. The molecule has 0 saturated heterocycles. The van der Waals surface area contributed by atoms with Crippen LogP contribution in [0.3, 0.4) is 0 Å². The molecule has 50 valence electrons. The Bertz CT molecular complexity index is 174. The van der Waals surface area contributed by atoms with Crippen LogP contribution in [0.5, 0.6) is 0 Å². The van der Waals surface area contributed by atoms with Gasteiger partial charge in [-0.25, -0.2) is 0 Å². The fourth-order valence-electron chi connectivity index (χ4n) is 0.599. The Morgan fingerprint density at radius 3 is 1.80 bits per heavy atom. The van der Waals surface area contributed by atoms with Gasteiger partial charge in [0.25, 0.3) is 0 Å². The number of hydrogen-bond acceptors (Lipinski definition) is 0. The summed E-state index contributed by atoms with van der Waals surface area (Å²) in [6.45, 7) is 0. The second-order valence-corrected chi connectivity index (χ2v) is 2.81. The van der Waals surface area contributed by atoms with E-state index in [0.717, 1.165) is 5.56 Å². The molecule has 0 spiro atoms. The molecule has 0 radical (unpaired) electrons. The summed E-state index contributed by atoms with van der Waals surface area (Å²) in [7, 11) is 0. The minimum Gasteiger partial charge on any atom is -0.100 e. The van der Waals surface area contributed by atoms with Crippen molar-refractivity contribution in [3.05, 3.63) is 35.9 Å². The van der Waals surface area contributed by atoms with Crippen molar-refractivity contribution in [2.75, 3.05) is 0 Å². The zero-order valence-corrected chi connectivity index (χ0v) is 9.91. The van der Waals surface area contributed by atoms with Gasteiger partial charge >= 0.3 is 0 Å². The van der Waals surface area contributed by atoms with E-state index in [9.17, 15) is 0 Å². The second kappa shape index (κ2) is 5.12. The summed E-state index contributed by atoms with van der Waals surface area (Å²) in [6.07, 6.45) is 0. The van der Waals surface area contributed by atoms with E-state index in [1.165, 1.54) is 0 Å². The van der Waals surface area contributed by atoms with Crippen LogP contribution in [0, 0.1) is 0 Å². The van der Waals surface area contributed by atoms with Crippen LogP contribution in [0.25, 0.3) is 0 Å². The Labute approximate surface area is 83.3 Å². The van der Waals surface area contributed by atoms with E-state index in [0.29, 0.717) is 0 Å². The molecule has 0 amide bonds. The maximum Gasteiger partial charge on any atom is 0.132 e. The third-order valence-corrected chi connectivity index (χ3v) is 1.56. The Kier molecular flexibility index (Phi) is 5.34. The molecular weight excluding hydrogens is 220 g/mol. The average molecular weight is 226 g/mol. The molecule has 0 aliphatic heterocycles. The molecule has 0 aromatic heterocycles. The molecule has 3 heteroatoms. The fraction of sp³-hybridized carbons (Fsp3) is 0.143. The first-order chi connectivity index (χ1) is 4.30. The van der Waals surface area contributed by atoms with Gasteiger partial charge in [-0.15, -0.1) is 23.2 Å². The Morgan fingerprint density at radius 2 is 1.50 bits per heavy atom. The molecule has 1 rings (SSSR count). The molecule has 0 nitrogen and oxygen atoms in total. The van der Waals surface area contributed by atoms with Crippen LogP contribution in [0.15, 0.2) is 30.3 Å². The van der Waals surface area contributed by atoms with Crippen LogP contribution in [-0.4, -0.2) is 0 Å². The van der Waals surface area contributed by atoms with Gasteiger partial charge in [-0.3, -0.25) is 0 Å². The molecule has 0 atom stereocenters. The number of benzene rings is 1. The molecular formula is C7H6Cl2Zn. The van der Waals surface area contributed by atoms with Gasteiger partial charge in [0.1, 0.15) is 4.84 Å². The third kappa shape index (κ3) is 3.01. The molecule has 1 aromatic rings. The molecule has 0 aliphatic carbocycles. The molecule has 0 bridgehead atoms. The summed E-state index contributed by atoms with van der Waals surface area (Å²) in [6, 6.07) is 9.54. The normalized spacial score (nSPS) is 9.10. The van der Waals surface area contributed by atoms with Gasteiger partial charge in [0.05, 0.1) is 0 Å². The zero-order valence-electron chi connectivity index (χ0n) is 5.43. The van der Waals surface area contributed by atoms with Crippen molar-refractivity contribution in [3.8, 4) is 0 Å². The SMILES string of the molecule is ClC(Cl)c1ccccc1.[Zn]. The van der Waals surface area contributed by atoms with Crippen molar-refractivity contribution >= 4 is 23.2 Å².